The summed E-state index contributed by atoms with van der Waals surface area (Å²) in [6, 6.07) is 3.12. The Bertz CT molecular complexity index is 710. The highest BCUT2D eigenvalue weighted by Gasteiger charge is 2.16. The molecule has 8 heteroatoms. The first-order valence-electron chi connectivity index (χ1n) is 6.36. The summed E-state index contributed by atoms with van der Waals surface area (Å²) < 4.78 is 5.20. The fraction of sp³-hybridized carbons (Fsp3) is 0.333. The van der Waals surface area contributed by atoms with Gasteiger partial charge in [0, 0.05) is 17.8 Å². The number of carbonyl (C=O) groups excluding carboxylic acids is 2. The van der Waals surface area contributed by atoms with Crippen molar-refractivity contribution in [3.63, 3.8) is 0 Å². The Labute approximate surface area is 143 Å². The molecule has 1 amide bonds. The number of aldehydes is 1. The van der Waals surface area contributed by atoms with Crippen LogP contribution in [-0.2, 0) is 0 Å². The summed E-state index contributed by atoms with van der Waals surface area (Å²) in [5.74, 6) is 0.325. The Morgan fingerprint density at radius 3 is 2.70 bits per heavy atom. The molecule has 2 heterocycles. The van der Waals surface area contributed by atoms with Crippen LogP contribution in [0, 0.1) is 0 Å². The lowest BCUT2D eigenvalue weighted by atomic mass is 10.1. The van der Waals surface area contributed by atoms with Crippen LogP contribution in [0.1, 0.15) is 37.9 Å². The molecular weight excluding hydrogens is 338 g/mol. The topological polar surface area (TPSA) is 81.2 Å². The second kappa shape index (κ2) is 7.52. The van der Waals surface area contributed by atoms with Crippen LogP contribution in [0.3, 0.4) is 0 Å². The Kier molecular flexibility index (Phi) is 6.23. The summed E-state index contributed by atoms with van der Waals surface area (Å²) in [4.78, 5) is 31.1. The maximum absolute atomic E-state index is 11.7. The Morgan fingerprint density at radius 2 is 2.13 bits per heavy atom. The molecule has 124 valence electrons. The van der Waals surface area contributed by atoms with Gasteiger partial charge in [-0.1, -0.05) is 19.0 Å². The Balaban J connectivity index is 0.00000264. The Morgan fingerprint density at radius 1 is 1.43 bits per heavy atom. The van der Waals surface area contributed by atoms with Crippen molar-refractivity contribution in [2.45, 2.75) is 33.7 Å². The van der Waals surface area contributed by atoms with Crippen LogP contribution >= 0.6 is 22.9 Å². The minimum atomic E-state index is -0.560. The van der Waals surface area contributed by atoms with Gasteiger partial charge in [0.1, 0.15) is 21.3 Å². The lowest BCUT2D eigenvalue weighted by Crippen LogP contribution is -2.42. The molecule has 0 aliphatic heterocycles. The number of hydrogen-bond acceptors (Lipinski definition) is 6. The predicted molar refractivity (Wildman–Crippen MR) is 91.4 cm³/mol. The molecule has 0 unspecified atom stereocenters. The van der Waals surface area contributed by atoms with Gasteiger partial charge in [-0.3, -0.25) is 9.78 Å². The molecule has 2 rings (SSSR count). The number of rotatable bonds is 3. The molecule has 0 aliphatic carbocycles. The van der Waals surface area contributed by atoms with E-state index in [2.05, 4.69) is 15.3 Å². The normalized spacial score (nSPS) is 10.6. The zero-order chi connectivity index (χ0) is 16.3. The fourth-order valence-corrected chi connectivity index (χ4v) is 2.56. The molecule has 0 aromatic carbocycles. The van der Waals surface area contributed by atoms with Crippen LogP contribution in [0.5, 0.6) is 5.75 Å². The molecule has 0 fully saturated rings. The van der Waals surface area contributed by atoms with E-state index in [1.165, 1.54) is 6.20 Å². The third kappa shape index (κ3) is 5.30. The van der Waals surface area contributed by atoms with Crippen molar-refractivity contribution in [2.24, 2.45) is 0 Å². The van der Waals surface area contributed by atoms with Crippen molar-refractivity contribution >= 4 is 35.3 Å². The first kappa shape index (κ1) is 19.1. The minimum absolute atomic E-state index is 0. The smallest absolute Gasteiger partial charge is 0.410 e. The van der Waals surface area contributed by atoms with Gasteiger partial charge < -0.3 is 10.1 Å². The highest BCUT2D eigenvalue weighted by molar-refractivity contribution is 7.17. The molecule has 0 spiro atoms. The van der Waals surface area contributed by atoms with Crippen molar-refractivity contribution in [2.75, 3.05) is 0 Å². The van der Waals surface area contributed by atoms with E-state index >= 15 is 0 Å². The summed E-state index contributed by atoms with van der Waals surface area (Å²) in [6.07, 6.45) is 1.57. The summed E-state index contributed by atoms with van der Waals surface area (Å²) in [5, 5.41) is 3.30. The molecule has 0 atom stereocenters. The number of ether oxygens (including phenoxy) is 1. The van der Waals surface area contributed by atoms with E-state index in [-0.39, 0.29) is 12.6 Å². The second-order valence-electron chi connectivity index (χ2n) is 5.43. The van der Waals surface area contributed by atoms with E-state index < -0.39 is 11.6 Å². The molecule has 1 N–H and O–H groups in total. The van der Waals surface area contributed by atoms with E-state index in [0.717, 1.165) is 11.3 Å². The number of amides is 1. The molecule has 0 radical (unpaired) electrons. The number of thiazole rings is 1. The number of halogens is 1. The van der Waals surface area contributed by atoms with Crippen molar-refractivity contribution in [3.8, 4) is 16.5 Å². The SMILES string of the molecule is C.CC(C)(C)NC(=O)Oc1ccnc(-c2nc(Cl)c(C=O)s2)c1. The first-order valence-corrected chi connectivity index (χ1v) is 7.56. The minimum Gasteiger partial charge on any atom is -0.410 e. The van der Waals surface area contributed by atoms with E-state index in [9.17, 15) is 9.59 Å². The molecule has 23 heavy (non-hydrogen) atoms. The van der Waals surface area contributed by atoms with Crippen LogP contribution in [0.15, 0.2) is 18.3 Å². The molecule has 2 aromatic rings. The van der Waals surface area contributed by atoms with Gasteiger partial charge in [-0.05, 0) is 26.8 Å². The first-order chi connectivity index (χ1) is 10.3. The van der Waals surface area contributed by atoms with E-state index in [1.54, 1.807) is 12.1 Å². The zero-order valence-corrected chi connectivity index (χ0v) is 13.8. The van der Waals surface area contributed by atoms with E-state index in [1.807, 2.05) is 20.8 Å². The van der Waals surface area contributed by atoms with Gasteiger partial charge in [0.15, 0.2) is 11.4 Å². The highest BCUT2D eigenvalue weighted by Crippen LogP contribution is 2.30. The summed E-state index contributed by atoms with van der Waals surface area (Å²) >= 11 is 6.96. The number of carbonyl (C=O) groups is 2. The zero-order valence-electron chi connectivity index (χ0n) is 12.2. The summed E-state index contributed by atoms with van der Waals surface area (Å²) in [6.45, 7) is 5.56. The standard InChI is InChI=1S/C14H14ClN3O3S.CH4/c1-14(2,3)18-13(20)21-8-4-5-16-9(6-8)12-17-11(15)10(7-19)22-12;/h4-7H,1-3H3,(H,18,20);1H4. The number of nitrogens with one attached hydrogen (secondary N) is 1. The van der Waals surface area contributed by atoms with Crippen LogP contribution in [0.4, 0.5) is 4.79 Å². The quantitative estimate of drug-likeness (QED) is 0.834. The van der Waals surface area contributed by atoms with Gasteiger partial charge in [0.25, 0.3) is 0 Å². The van der Waals surface area contributed by atoms with Crippen molar-refractivity contribution in [1.82, 2.24) is 15.3 Å². The highest BCUT2D eigenvalue weighted by atomic mass is 35.5. The molecule has 0 saturated carbocycles. The van der Waals surface area contributed by atoms with Gasteiger partial charge in [0.2, 0.25) is 0 Å². The molecule has 0 saturated heterocycles. The molecule has 0 bridgehead atoms. The number of aromatic nitrogens is 2. The van der Waals surface area contributed by atoms with Gasteiger partial charge in [-0.25, -0.2) is 9.78 Å². The third-order valence-corrected chi connectivity index (χ3v) is 3.76. The largest absolute Gasteiger partial charge is 0.413 e. The van der Waals surface area contributed by atoms with Crippen LogP contribution in [-0.4, -0.2) is 27.9 Å². The van der Waals surface area contributed by atoms with Crippen LogP contribution in [0.25, 0.3) is 10.7 Å². The fourth-order valence-electron chi connectivity index (χ4n) is 1.53. The third-order valence-electron chi connectivity index (χ3n) is 2.35. The molecule has 0 aliphatic rings. The number of nitrogens with zero attached hydrogens (tertiary/aromatic N) is 2. The van der Waals surface area contributed by atoms with E-state index in [0.29, 0.717) is 27.6 Å². The average molecular weight is 356 g/mol. The predicted octanol–water partition coefficient (Wildman–Crippen LogP) is 4.19. The summed E-state index contributed by atoms with van der Waals surface area (Å²) in [7, 11) is 0. The Hall–Kier alpha value is -1.99. The van der Waals surface area contributed by atoms with Crippen molar-refractivity contribution in [1.29, 1.82) is 0 Å². The van der Waals surface area contributed by atoms with Gasteiger partial charge in [0.05, 0.1) is 0 Å². The average Bonchev–Trinajstić information content (AvgIpc) is 2.78. The van der Waals surface area contributed by atoms with Gasteiger partial charge in [-0.2, -0.15) is 0 Å². The lowest BCUT2D eigenvalue weighted by molar-refractivity contribution is 0.112. The van der Waals surface area contributed by atoms with Crippen molar-refractivity contribution < 1.29 is 14.3 Å². The maximum atomic E-state index is 11.7. The summed E-state index contributed by atoms with van der Waals surface area (Å²) in [5.41, 5.74) is 0.0790. The maximum Gasteiger partial charge on any atom is 0.413 e. The van der Waals surface area contributed by atoms with Gasteiger partial charge in [-0.15, -0.1) is 11.3 Å². The van der Waals surface area contributed by atoms with Crippen LogP contribution < -0.4 is 10.1 Å². The second-order valence-corrected chi connectivity index (χ2v) is 6.82. The monoisotopic (exact) mass is 355 g/mol. The number of pyridine rings is 1. The molecule has 6 nitrogen and oxygen atoms in total. The number of hydrogen-bond donors (Lipinski definition) is 1. The lowest BCUT2D eigenvalue weighted by Gasteiger charge is -2.19. The van der Waals surface area contributed by atoms with Crippen molar-refractivity contribution in [3.05, 3.63) is 28.4 Å². The van der Waals surface area contributed by atoms with Crippen LogP contribution in [0.2, 0.25) is 5.15 Å². The molecular formula is C15H18ClN3O3S. The van der Waals surface area contributed by atoms with E-state index in [4.69, 9.17) is 16.3 Å². The molecule has 2 aromatic heterocycles. The van der Waals surface area contributed by atoms with Gasteiger partial charge >= 0.3 is 6.09 Å².